The van der Waals surface area contributed by atoms with Gasteiger partial charge in [0.15, 0.2) is 0 Å². The van der Waals surface area contributed by atoms with Gasteiger partial charge < -0.3 is 20.0 Å². The minimum Gasteiger partial charge on any atom is -0.368 e. The highest BCUT2D eigenvalue weighted by Gasteiger charge is 2.19. The van der Waals surface area contributed by atoms with E-state index >= 15 is 0 Å². The zero-order chi connectivity index (χ0) is 19.2. The number of aromatic nitrogens is 1. The Morgan fingerprint density at radius 3 is 2.56 bits per heavy atom. The Morgan fingerprint density at radius 2 is 1.85 bits per heavy atom. The van der Waals surface area contributed by atoms with Crippen molar-refractivity contribution >= 4 is 17.4 Å². The third-order valence-electron chi connectivity index (χ3n) is 4.82. The number of benzene rings is 1. The molecule has 0 atom stereocenters. The van der Waals surface area contributed by atoms with Gasteiger partial charge in [0.2, 0.25) is 0 Å². The maximum atomic E-state index is 12.3. The number of rotatable bonds is 6. The molecule has 0 saturated carbocycles. The van der Waals surface area contributed by atoms with Crippen LogP contribution in [-0.4, -0.2) is 69.2 Å². The van der Waals surface area contributed by atoms with Crippen LogP contribution in [0, 0.1) is 6.92 Å². The molecule has 1 fully saturated rings. The van der Waals surface area contributed by atoms with E-state index in [1.54, 1.807) is 12.3 Å². The zero-order valence-corrected chi connectivity index (χ0v) is 16.5. The van der Waals surface area contributed by atoms with E-state index in [2.05, 4.69) is 51.3 Å². The monoisotopic (exact) mass is 367 g/mol. The summed E-state index contributed by atoms with van der Waals surface area (Å²) in [7, 11) is 3.99. The predicted octanol–water partition coefficient (Wildman–Crippen LogP) is 2.01. The summed E-state index contributed by atoms with van der Waals surface area (Å²) in [5, 5.41) is 2.96. The van der Waals surface area contributed by atoms with Gasteiger partial charge in [0.25, 0.3) is 5.91 Å². The van der Waals surface area contributed by atoms with Crippen molar-refractivity contribution in [3.05, 3.63) is 53.7 Å². The van der Waals surface area contributed by atoms with Crippen molar-refractivity contribution in [2.75, 3.05) is 63.2 Å². The second-order valence-electron chi connectivity index (χ2n) is 7.27. The molecule has 3 rings (SSSR count). The molecule has 1 saturated heterocycles. The molecule has 1 aliphatic heterocycles. The van der Waals surface area contributed by atoms with Crippen LogP contribution in [0.3, 0.4) is 0 Å². The Balaban J connectivity index is 1.59. The molecule has 6 heteroatoms. The highest BCUT2D eigenvalue weighted by atomic mass is 16.1. The van der Waals surface area contributed by atoms with Gasteiger partial charge in [-0.1, -0.05) is 12.1 Å². The number of carbonyl (C=O) groups is 1. The Hall–Kier alpha value is -2.60. The van der Waals surface area contributed by atoms with Crippen LogP contribution in [0.1, 0.15) is 15.9 Å². The molecular formula is C21H29N5O. The summed E-state index contributed by atoms with van der Waals surface area (Å²) in [6.45, 7) is 7.27. The van der Waals surface area contributed by atoms with Crippen molar-refractivity contribution in [3.63, 3.8) is 0 Å². The second kappa shape index (κ2) is 8.86. The molecule has 0 radical (unpaired) electrons. The quantitative estimate of drug-likeness (QED) is 0.846. The summed E-state index contributed by atoms with van der Waals surface area (Å²) < 4.78 is 0. The fourth-order valence-corrected chi connectivity index (χ4v) is 3.25. The van der Waals surface area contributed by atoms with Gasteiger partial charge in [0.05, 0.1) is 0 Å². The molecule has 2 aromatic rings. The molecule has 0 unspecified atom stereocenters. The van der Waals surface area contributed by atoms with Gasteiger partial charge >= 0.3 is 0 Å². The van der Waals surface area contributed by atoms with Crippen LogP contribution in [0.4, 0.5) is 11.5 Å². The fourth-order valence-electron chi connectivity index (χ4n) is 3.25. The van der Waals surface area contributed by atoms with Crippen molar-refractivity contribution in [3.8, 4) is 0 Å². The SMILES string of the molecule is Cc1cccc(N2CCN(c3cc(C(=O)NCCN(C)C)ccn3)CC2)c1. The van der Waals surface area contributed by atoms with Crippen molar-refractivity contribution in [1.82, 2.24) is 15.2 Å². The number of nitrogens with zero attached hydrogens (tertiary/aromatic N) is 4. The van der Waals surface area contributed by atoms with Crippen LogP contribution in [0.2, 0.25) is 0 Å². The van der Waals surface area contributed by atoms with Crippen LogP contribution in [0.15, 0.2) is 42.6 Å². The van der Waals surface area contributed by atoms with Gasteiger partial charge in [-0.25, -0.2) is 4.98 Å². The maximum absolute atomic E-state index is 12.3. The van der Waals surface area contributed by atoms with Gasteiger partial charge in [-0.15, -0.1) is 0 Å². The van der Waals surface area contributed by atoms with Gasteiger partial charge in [0.1, 0.15) is 5.82 Å². The molecule has 1 aromatic carbocycles. The summed E-state index contributed by atoms with van der Waals surface area (Å²) in [6, 6.07) is 12.3. The summed E-state index contributed by atoms with van der Waals surface area (Å²) >= 11 is 0. The average molecular weight is 367 g/mol. The lowest BCUT2D eigenvalue weighted by molar-refractivity contribution is 0.0951. The van der Waals surface area contributed by atoms with E-state index in [-0.39, 0.29) is 5.91 Å². The van der Waals surface area contributed by atoms with Crippen molar-refractivity contribution < 1.29 is 4.79 Å². The van der Waals surface area contributed by atoms with E-state index in [9.17, 15) is 4.79 Å². The Bertz CT molecular complexity index is 769. The first kappa shape index (κ1) is 19.2. The number of anilines is 2. The lowest BCUT2D eigenvalue weighted by atomic mass is 10.2. The molecule has 1 aromatic heterocycles. The van der Waals surface area contributed by atoms with Crippen molar-refractivity contribution in [1.29, 1.82) is 0 Å². The molecule has 1 amide bonds. The van der Waals surface area contributed by atoms with Crippen LogP contribution in [-0.2, 0) is 0 Å². The lowest BCUT2D eigenvalue weighted by Gasteiger charge is -2.37. The Kier molecular flexibility index (Phi) is 6.29. The highest BCUT2D eigenvalue weighted by molar-refractivity contribution is 5.94. The largest absolute Gasteiger partial charge is 0.368 e. The lowest BCUT2D eigenvalue weighted by Crippen LogP contribution is -2.47. The molecule has 1 N–H and O–H groups in total. The molecule has 2 heterocycles. The van der Waals surface area contributed by atoms with Gasteiger partial charge in [0, 0.05) is 56.7 Å². The first-order valence-corrected chi connectivity index (χ1v) is 9.48. The van der Waals surface area contributed by atoms with Gasteiger partial charge in [-0.2, -0.15) is 0 Å². The number of likely N-dealkylation sites (N-methyl/N-ethyl adjacent to an activating group) is 1. The highest BCUT2D eigenvalue weighted by Crippen LogP contribution is 2.20. The number of piperazine rings is 1. The molecular weight excluding hydrogens is 338 g/mol. The Morgan fingerprint density at radius 1 is 1.11 bits per heavy atom. The predicted molar refractivity (Wildman–Crippen MR) is 111 cm³/mol. The van der Waals surface area contributed by atoms with Crippen LogP contribution >= 0.6 is 0 Å². The first-order chi connectivity index (χ1) is 13.0. The summed E-state index contributed by atoms with van der Waals surface area (Å²) in [4.78, 5) is 23.5. The number of hydrogen-bond acceptors (Lipinski definition) is 5. The number of pyridine rings is 1. The van der Waals surface area contributed by atoms with Crippen molar-refractivity contribution in [2.45, 2.75) is 6.92 Å². The average Bonchev–Trinajstić information content (AvgIpc) is 2.68. The smallest absolute Gasteiger partial charge is 0.251 e. The summed E-state index contributed by atoms with van der Waals surface area (Å²) in [5.41, 5.74) is 3.22. The van der Waals surface area contributed by atoms with E-state index in [1.807, 2.05) is 25.1 Å². The van der Waals surface area contributed by atoms with Crippen molar-refractivity contribution in [2.24, 2.45) is 0 Å². The number of aryl methyl sites for hydroxylation is 1. The standard InChI is InChI=1S/C21H29N5O/c1-17-5-4-6-19(15-17)25-11-13-26(14-12-25)20-16-18(7-8-22-20)21(27)23-9-10-24(2)3/h4-8,15-16H,9-14H2,1-3H3,(H,23,27). The van der Waals surface area contributed by atoms with E-state index < -0.39 is 0 Å². The molecule has 1 aliphatic rings. The normalized spacial score (nSPS) is 14.5. The van der Waals surface area contributed by atoms with E-state index in [0.29, 0.717) is 12.1 Å². The molecule has 0 bridgehead atoms. The fraction of sp³-hybridized carbons (Fsp3) is 0.429. The molecule has 27 heavy (non-hydrogen) atoms. The summed E-state index contributed by atoms with van der Waals surface area (Å²) in [5.74, 6) is 0.832. The molecule has 6 nitrogen and oxygen atoms in total. The minimum atomic E-state index is -0.0427. The van der Waals surface area contributed by atoms with E-state index in [0.717, 1.165) is 38.5 Å². The second-order valence-corrected chi connectivity index (χ2v) is 7.27. The Labute approximate surface area is 161 Å². The summed E-state index contributed by atoms with van der Waals surface area (Å²) in [6.07, 6.45) is 1.73. The molecule has 0 aliphatic carbocycles. The topological polar surface area (TPSA) is 51.7 Å². The van der Waals surface area contributed by atoms with E-state index in [1.165, 1.54) is 11.3 Å². The third kappa shape index (κ3) is 5.20. The first-order valence-electron chi connectivity index (χ1n) is 9.48. The number of nitrogens with one attached hydrogen (secondary N) is 1. The van der Waals surface area contributed by atoms with Crippen LogP contribution in [0.5, 0.6) is 0 Å². The molecule has 144 valence electrons. The minimum absolute atomic E-state index is 0.0427. The maximum Gasteiger partial charge on any atom is 0.251 e. The van der Waals surface area contributed by atoms with Crippen LogP contribution in [0.25, 0.3) is 0 Å². The van der Waals surface area contributed by atoms with E-state index in [4.69, 9.17) is 0 Å². The van der Waals surface area contributed by atoms with Gasteiger partial charge in [-0.3, -0.25) is 4.79 Å². The third-order valence-corrected chi connectivity index (χ3v) is 4.82. The number of hydrogen-bond donors (Lipinski definition) is 1. The zero-order valence-electron chi connectivity index (χ0n) is 16.5. The van der Waals surface area contributed by atoms with Gasteiger partial charge in [-0.05, 0) is 50.8 Å². The number of amides is 1. The number of carbonyl (C=O) groups excluding carboxylic acids is 1. The molecule has 0 spiro atoms. The van der Waals surface area contributed by atoms with Crippen LogP contribution < -0.4 is 15.1 Å².